The molecule has 5 heteroatoms. The zero-order valence-electron chi connectivity index (χ0n) is 6.90. The Morgan fingerprint density at radius 1 is 1.29 bits per heavy atom. The molecule has 0 aromatic heterocycles. The van der Waals surface area contributed by atoms with Gasteiger partial charge in [0.25, 0.3) is 0 Å². The zero-order valence-corrected chi connectivity index (χ0v) is 8.47. The van der Waals surface area contributed by atoms with Crippen LogP contribution in [0.15, 0.2) is 28.0 Å². The summed E-state index contributed by atoms with van der Waals surface area (Å²) in [4.78, 5) is 10.4. The third kappa shape index (κ3) is 1.19. The minimum absolute atomic E-state index is 0.104. The molecule has 0 spiro atoms. The van der Waals surface area contributed by atoms with Crippen molar-refractivity contribution in [3.63, 3.8) is 0 Å². The molecule has 1 heterocycles. The number of benzene rings is 1. The van der Waals surface area contributed by atoms with E-state index in [0.29, 0.717) is 16.9 Å². The summed E-state index contributed by atoms with van der Waals surface area (Å²) in [7, 11) is -3.61. The van der Waals surface area contributed by atoms with Gasteiger partial charge < -0.3 is 0 Å². The maximum atomic E-state index is 11.6. The van der Waals surface area contributed by atoms with Gasteiger partial charge in [0.15, 0.2) is 6.29 Å². The van der Waals surface area contributed by atoms with Gasteiger partial charge in [-0.05, 0) is 23.8 Å². The molecule has 14 heavy (non-hydrogen) atoms. The number of halogens is 1. The van der Waals surface area contributed by atoms with Crippen molar-refractivity contribution in [1.82, 2.24) is 0 Å². The van der Waals surface area contributed by atoms with Crippen LogP contribution >= 0.6 is 11.6 Å². The molecule has 1 aliphatic rings. The van der Waals surface area contributed by atoms with E-state index in [1.807, 2.05) is 0 Å². The number of carbonyl (C=O) groups is 1. The second-order valence-corrected chi connectivity index (χ2v) is 5.20. The summed E-state index contributed by atoms with van der Waals surface area (Å²) in [6, 6.07) is 4.51. The number of hydrogen-bond acceptors (Lipinski definition) is 3. The number of hydrogen-bond donors (Lipinski definition) is 0. The Hall–Kier alpha value is -1.13. The normalized spacial score (nSPS) is 17.4. The summed E-state index contributed by atoms with van der Waals surface area (Å²) < 4.78 is 23.2. The topological polar surface area (TPSA) is 51.2 Å². The van der Waals surface area contributed by atoms with Gasteiger partial charge in [-0.25, -0.2) is 8.42 Å². The molecule has 0 aliphatic carbocycles. The third-order valence-corrected chi connectivity index (χ3v) is 3.99. The monoisotopic (exact) mass is 228 g/mol. The first-order valence-electron chi connectivity index (χ1n) is 3.77. The number of rotatable bonds is 1. The summed E-state index contributed by atoms with van der Waals surface area (Å²) in [5, 5.41) is 0.341. The smallest absolute Gasteiger partial charge is 0.210 e. The molecule has 72 valence electrons. The van der Waals surface area contributed by atoms with Crippen molar-refractivity contribution in [2.75, 3.05) is 0 Å². The van der Waals surface area contributed by atoms with Crippen LogP contribution < -0.4 is 0 Å². The number of fused-ring (bicyclic) bond motifs is 1. The Morgan fingerprint density at radius 3 is 2.64 bits per heavy atom. The van der Waals surface area contributed by atoms with Crippen molar-refractivity contribution in [3.8, 4) is 0 Å². The average Bonchev–Trinajstić information content (AvgIpc) is 2.38. The van der Waals surface area contributed by atoms with E-state index in [9.17, 15) is 13.2 Å². The van der Waals surface area contributed by atoms with Crippen LogP contribution in [0.5, 0.6) is 0 Å². The van der Waals surface area contributed by atoms with Gasteiger partial charge in [0.1, 0.15) is 4.91 Å². The van der Waals surface area contributed by atoms with Gasteiger partial charge in [-0.2, -0.15) is 0 Å². The molecule has 0 saturated carbocycles. The highest BCUT2D eigenvalue weighted by Gasteiger charge is 2.29. The molecule has 0 radical (unpaired) electrons. The standard InChI is InChI=1S/C9H5ClO3S/c10-7-2-1-6-3-8(5-11)14(12,13)9(6)4-7/h1-5H. The molecule has 0 N–H and O–H groups in total. The first-order valence-corrected chi connectivity index (χ1v) is 5.63. The van der Waals surface area contributed by atoms with Gasteiger partial charge in [-0.1, -0.05) is 17.7 Å². The van der Waals surface area contributed by atoms with Crippen LogP contribution in [-0.2, 0) is 14.6 Å². The molecule has 3 nitrogen and oxygen atoms in total. The van der Waals surface area contributed by atoms with Crippen LogP contribution in [0.2, 0.25) is 5.02 Å². The second-order valence-electron chi connectivity index (χ2n) is 2.85. The lowest BCUT2D eigenvalue weighted by Gasteiger charge is -1.98. The lowest BCUT2D eigenvalue weighted by molar-refractivity contribution is -0.104. The van der Waals surface area contributed by atoms with Crippen molar-refractivity contribution in [2.45, 2.75) is 4.90 Å². The van der Waals surface area contributed by atoms with Crippen molar-refractivity contribution in [1.29, 1.82) is 0 Å². The van der Waals surface area contributed by atoms with Gasteiger partial charge in [0.05, 0.1) is 4.90 Å². The van der Waals surface area contributed by atoms with E-state index in [2.05, 4.69) is 0 Å². The second kappa shape index (κ2) is 2.93. The molecule has 0 atom stereocenters. The van der Waals surface area contributed by atoms with E-state index in [-0.39, 0.29) is 9.80 Å². The summed E-state index contributed by atoms with van der Waals surface area (Å²) in [5.74, 6) is 0. The Morgan fingerprint density at radius 2 is 2.00 bits per heavy atom. The SMILES string of the molecule is O=CC1=Cc2ccc(Cl)cc2S1(=O)=O. The average molecular weight is 229 g/mol. The van der Waals surface area contributed by atoms with E-state index in [4.69, 9.17) is 11.6 Å². The van der Waals surface area contributed by atoms with Crippen LogP contribution in [0.25, 0.3) is 6.08 Å². The van der Waals surface area contributed by atoms with Crippen LogP contribution in [0, 0.1) is 0 Å². The molecule has 1 aromatic carbocycles. The highest BCUT2D eigenvalue weighted by atomic mass is 35.5. The van der Waals surface area contributed by atoms with Gasteiger partial charge >= 0.3 is 0 Å². The van der Waals surface area contributed by atoms with E-state index in [0.717, 1.165) is 0 Å². The highest BCUT2D eigenvalue weighted by Crippen LogP contribution is 2.33. The first kappa shape index (κ1) is 9.43. The van der Waals surface area contributed by atoms with Crippen LogP contribution in [-0.4, -0.2) is 14.7 Å². The summed E-state index contributed by atoms with van der Waals surface area (Å²) in [6.45, 7) is 0. The van der Waals surface area contributed by atoms with Gasteiger partial charge in [-0.3, -0.25) is 4.79 Å². The van der Waals surface area contributed by atoms with Gasteiger partial charge in [0, 0.05) is 5.02 Å². The molecule has 0 amide bonds. The third-order valence-electron chi connectivity index (χ3n) is 1.99. The summed E-state index contributed by atoms with van der Waals surface area (Å²) >= 11 is 5.67. The van der Waals surface area contributed by atoms with Gasteiger partial charge in [0.2, 0.25) is 9.84 Å². The van der Waals surface area contributed by atoms with E-state index in [1.165, 1.54) is 12.1 Å². The minimum atomic E-state index is -3.61. The quantitative estimate of drug-likeness (QED) is 0.687. The van der Waals surface area contributed by atoms with E-state index < -0.39 is 9.84 Å². The molecule has 0 fully saturated rings. The maximum absolute atomic E-state index is 11.6. The van der Waals surface area contributed by atoms with Crippen LogP contribution in [0.3, 0.4) is 0 Å². The number of allylic oxidation sites excluding steroid dienone is 1. The van der Waals surface area contributed by atoms with Crippen molar-refractivity contribution >= 4 is 33.8 Å². The molecular formula is C9H5ClO3S. The molecule has 1 aromatic rings. The fourth-order valence-corrected chi connectivity index (χ4v) is 2.93. The van der Waals surface area contributed by atoms with Crippen molar-refractivity contribution < 1.29 is 13.2 Å². The van der Waals surface area contributed by atoms with Crippen molar-refractivity contribution in [2.24, 2.45) is 0 Å². The molecular weight excluding hydrogens is 224 g/mol. The highest BCUT2D eigenvalue weighted by molar-refractivity contribution is 7.96. The molecule has 1 aliphatic heterocycles. The largest absolute Gasteiger partial charge is 0.297 e. The summed E-state index contributed by atoms with van der Waals surface area (Å²) in [5.41, 5.74) is 0.511. The lowest BCUT2D eigenvalue weighted by Crippen LogP contribution is -2.01. The Kier molecular flexibility index (Phi) is 1.97. The molecule has 0 bridgehead atoms. The summed E-state index contributed by atoms with van der Waals surface area (Å²) in [6.07, 6.45) is 1.68. The molecule has 2 rings (SSSR count). The number of aldehydes is 1. The fraction of sp³-hybridized carbons (Fsp3) is 0. The van der Waals surface area contributed by atoms with Crippen LogP contribution in [0.1, 0.15) is 5.56 Å². The van der Waals surface area contributed by atoms with E-state index >= 15 is 0 Å². The van der Waals surface area contributed by atoms with Crippen molar-refractivity contribution in [3.05, 3.63) is 33.7 Å². The number of sulfone groups is 1. The first-order chi connectivity index (χ1) is 6.55. The van der Waals surface area contributed by atoms with Crippen LogP contribution in [0.4, 0.5) is 0 Å². The fourth-order valence-electron chi connectivity index (χ4n) is 1.32. The Bertz CT molecular complexity index is 543. The molecule has 0 saturated heterocycles. The Balaban J connectivity index is 2.77. The lowest BCUT2D eigenvalue weighted by atomic mass is 10.2. The predicted octanol–water partition coefficient (Wildman–Crippen LogP) is 1.67. The molecule has 0 unspecified atom stereocenters. The predicted molar refractivity (Wildman–Crippen MR) is 52.7 cm³/mol. The Labute approximate surface area is 85.9 Å². The minimum Gasteiger partial charge on any atom is -0.297 e. The number of carbonyl (C=O) groups excluding carboxylic acids is 1. The van der Waals surface area contributed by atoms with Gasteiger partial charge in [-0.15, -0.1) is 0 Å². The zero-order chi connectivity index (χ0) is 10.3. The van der Waals surface area contributed by atoms with E-state index in [1.54, 1.807) is 12.1 Å². The maximum Gasteiger partial charge on any atom is 0.210 e.